The fourth-order valence-electron chi connectivity index (χ4n) is 2.90. The van der Waals surface area contributed by atoms with Gasteiger partial charge in [-0.2, -0.15) is 0 Å². The number of carbonyl (C=O) groups is 2. The van der Waals surface area contributed by atoms with E-state index < -0.39 is 23.2 Å². The van der Waals surface area contributed by atoms with Crippen LogP contribution in [0.1, 0.15) is 29.8 Å². The molecule has 3 rings (SSSR count). The number of carbonyl (C=O) groups excluding carboxylic acids is 2. The molecule has 7 nitrogen and oxygen atoms in total. The molecule has 3 aromatic rings. The Kier molecular flexibility index (Phi) is 6.36. The molecule has 2 aromatic heterocycles. The highest BCUT2D eigenvalue weighted by molar-refractivity contribution is 6.20. The fourth-order valence-corrected chi connectivity index (χ4v) is 2.90. The highest BCUT2D eigenvalue weighted by Crippen LogP contribution is 2.20. The number of hydrogen-bond acceptors (Lipinski definition) is 6. The largest absolute Gasteiger partial charge is 0.462 e. The van der Waals surface area contributed by atoms with E-state index in [1.54, 1.807) is 32.2 Å². The molecule has 1 aromatic carbocycles. The van der Waals surface area contributed by atoms with Gasteiger partial charge in [-0.3, -0.25) is 9.78 Å². The quantitative estimate of drug-likeness (QED) is 0.458. The molecule has 0 unspecified atom stereocenters. The van der Waals surface area contributed by atoms with Crippen molar-refractivity contribution in [2.45, 2.75) is 13.8 Å². The van der Waals surface area contributed by atoms with Gasteiger partial charge in [0, 0.05) is 35.7 Å². The zero-order chi connectivity index (χ0) is 21.7. The summed E-state index contributed by atoms with van der Waals surface area (Å²) in [5.41, 5.74) is -0.0102. The average molecular weight is 410 g/mol. The number of halogens is 1. The van der Waals surface area contributed by atoms with E-state index in [0.29, 0.717) is 11.1 Å². The van der Waals surface area contributed by atoms with Gasteiger partial charge >= 0.3 is 11.9 Å². The van der Waals surface area contributed by atoms with Crippen LogP contribution in [-0.2, 0) is 14.3 Å². The van der Waals surface area contributed by atoms with Gasteiger partial charge < -0.3 is 14.0 Å². The summed E-state index contributed by atoms with van der Waals surface area (Å²) in [4.78, 5) is 41.6. The molecule has 2 heterocycles. The molecule has 0 N–H and O–H groups in total. The third-order valence-corrected chi connectivity index (χ3v) is 4.23. The zero-order valence-corrected chi connectivity index (χ0v) is 16.4. The van der Waals surface area contributed by atoms with Crippen LogP contribution >= 0.6 is 0 Å². The molecular formula is C22H19FN2O5. The molecule has 0 saturated heterocycles. The molecule has 0 bridgehead atoms. The van der Waals surface area contributed by atoms with Crippen LogP contribution in [-0.4, -0.2) is 34.7 Å². The number of ether oxygens (including phenoxy) is 2. The Morgan fingerprint density at radius 3 is 2.60 bits per heavy atom. The minimum Gasteiger partial charge on any atom is -0.462 e. The predicted octanol–water partition coefficient (Wildman–Crippen LogP) is 3.27. The smallest absolute Gasteiger partial charge is 0.343 e. The van der Waals surface area contributed by atoms with Crippen LogP contribution in [0.4, 0.5) is 4.39 Å². The third-order valence-electron chi connectivity index (χ3n) is 4.23. The summed E-state index contributed by atoms with van der Waals surface area (Å²) in [7, 11) is 0. The van der Waals surface area contributed by atoms with Gasteiger partial charge in [-0.1, -0.05) is 6.07 Å². The Morgan fingerprint density at radius 1 is 1.17 bits per heavy atom. The van der Waals surface area contributed by atoms with Crippen molar-refractivity contribution in [2.75, 3.05) is 13.2 Å². The minimum atomic E-state index is -0.838. The average Bonchev–Trinajstić information content (AvgIpc) is 2.74. The van der Waals surface area contributed by atoms with E-state index in [4.69, 9.17) is 9.47 Å². The van der Waals surface area contributed by atoms with E-state index in [0.717, 1.165) is 6.07 Å². The lowest BCUT2D eigenvalue weighted by Gasteiger charge is -2.12. The number of esters is 2. The van der Waals surface area contributed by atoms with Gasteiger partial charge in [-0.25, -0.2) is 14.0 Å². The zero-order valence-electron chi connectivity index (χ0n) is 16.4. The molecule has 8 heteroatoms. The first-order valence-corrected chi connectivity index (χ1v) is 9.27. The number of nitrogens with zero attached hydrogens (tertiary/aromatic N) is 2. The van der Waals surface area contributed by atoms with E-state index in [1.165, 1.54) is 35.3 Å². The Balaban J connectivity index is 2.31. The first-order valence-electron chi connectivity index (χ1n) is 9.27. The second-order valence-corrected chi connectivity index (χ2v) is 6.17. The van der Waals surface area contributed by atoms with E-state index >= 15 is 0 Å². The van der Waals surface area contributed by atoms with E-state index in [1.807, 2.05) is 0 Å². The first-order chi connectivity index (χ1) is 14.5. The summed E-state index contributed by atoms with van der Waals surface area (Å²) in [6.45, 7) is 3.51. The van der Waals surface area contributed by atoms with Crippen molar-refractivity contribution in [1.82, 2.24) is 9.55 Å². The lowest BCUT2D eigenvalue weighted by molar-refractivity contribution is -0.136. The number of hydrogen-bond donors (Lipinski definition) is 0. The van der Waals surface area contributed by atoms with Gasteiger partial charge in [0.15, 0.2) is 0 Å². The fraction of sp³-hybridized carbons (Fsp3) is 0.182. The van der Waals surface area contributed by atoms with Crippen molar-refractivity contribution in [3.63, 3.8) is 0 Å². The highest BCUT2D eigenvalue weighted by atomic mass is 19.1. The predicted molar refractivity (Wildman–Crippen MR) is 109 cm³/mol. The first kappa shape index (κ1) is 20.9. The molecule has 0 aliphatic carbocycles. The highest BCUT2D eigenvalue weighted by Gasteiger charge is 2.19. The van der Waals surface area contributed by atoms with Crippen LogP contribution in [0.15, 0.2) is 53.7 Å². The van der Waals surface area contributed by atoms with E-state index in [9.17, 15) is 18.8 Å². The van der Waals surface area contributed by atoms with Gasteiger partial charge in [-0.15, -0.1) is 0 Å². The number of pyridine rings is 2. The maximum absolute atomic E-state index is 13.8. The Bertz CT molecular complexity index is 1190. The van der Waals surface area contributed by atoms with Crippen LogP contribution in [0.5, 0.6) is 0 Å². The maximum atomic E-state index is 13.8. The summed E-state index contributed by atoms with van der Waals surface area (Å²) in [6, 6.07) is 6.95. The van der Waals surface area contributed by atoms with Gasteiger partial charge in [0.2, 0.25) is 5.43 Å². The summed E-state index contributed by atoms with van der Waals surface area (Å²) >= 11 is 0. The van der Waals surface area contributed by atoms with Crippen molar-refractivity contribution >= 4 is 34.6 Å². The van der Waals surface area contributed by atoms with Crippen molar-refractivity contribution in [1.29, 1.82) is 0 Å². The van der Waals surface area contributed by atoms with Crippen LogP contribution in [0.3, 0.4) is 0 Å². The molecule has 0 aliphatic rings. The van der Waals surface area contributed by atoms with Crippen LogP contribution in [0.2, 0.25) is 0 Å². The second-order valence-electron chi connectivity index (χ2n) is 6.17. The van der Waals surface area contributed by atoms with Crippen molar-refractivity contribution in [2.24, 2.45) is 0 Å². The van der Waals surface area contributed by atoms with E-state index in [2.05, 4.69) is 4.98 Å². The molecule has 0 aliphatic heterocycles. The molecule has 30 heavy (non-hydrogen) atoms. The standard InChI is InChI=1S/C22H19FN2O5/c1-3-29-21(27)17(14-6-5-9-24-11-14)12-25-13-18(22(28)30-4-2)20(26)16-10-15(23)7-8-19(16)25/h5-13H,3-4H2,1-2H3/b17-12-. The molecule has 0 atom stereocenters. The number of aromatic nitrogens is 2. The molecular weight excluding hydrogens is 391 g/mol. The monoisotopic (exact) mass is 410 g/mol. The minimum absolute atomic E-state index is 0.0220. The second kappa shape index (κ2) is 9.13. The molecule has 0 fully saturated rings. The van der Waals surface area contributed by atoms with Crippen LogP contribution in [0.25, 0.3) is 22.7 Å². The maximum Gasteiger partial charge on any atom is 0.343 e. The van der Waals surface area contributed by atoms with E-state index in [-0.39, 0.29) is 29.7 Å². The van der Waals surface area contributed by atoms with Crippen molar-refractivity contribution in [3.05, 3.63) is 76.1 Å². The number of fused-ring (bicyclic) bond motifs is 1. The SMILES string of the molecule is CCOC(=O)/C(=C\n1cc(C(=O)OCC)c(=O)c2cc(F)ccc21)c1cccnc1. The topological polar surface area (TPSA) is 87.5 Å². The molecule has 154 valence electrons. The van der Waals surface area contributed by atoms with Crippen LogP contribution in [0, 0.1) is 5.82 Å². The van der Waals surface area contributed by atoms with Crippen molar-refractivity contribution < 1.29 is 23.5 Å². The summed E-state index contributed by atoms with van der Waals surface area (Å²) < 4.78 is 25.3. The van der Waals surface area contributed by atoms with Gasteiger partial charge in [-0.05, 0) is 38.1 Å². The molecule has 0 spiro atoms. The Morgan fingerprint density at radius 2 is 1.93 bits per heavy atom. The lowest BCUT2D eigenvalue weighted by Crippen LogP contribution is -2.20. The summed E-state index contributed by atoms with van der Waals surface area (Å²) in [6.07, 6.45) is 5.72. The molecule has 0 radical (unpaired) electrons. The number of benzene rings is 1. The lowest BCUT2D eigenvalue weighted by atomic mass is 10.1. The van der Waals surface area contributed by atoms with Gasteiger partial charge in [0.1, 0.15) is 11.4 Å². The van der Waals surface area contributed by atoms with Gasteiger partial charge in [0.05, 0.1) is 24.3 Å². The third kappa shape index (κ3) is 4.27. The molecule has 0 amide bonds. The number of rotatable bonds is 6. The summed E-state index contributed by atoms with van der Waals surface area (Å²) in [5.74, 6) is -2.08. The van der Waals surface area contributed by atoms with Gasteiger partial charge in [0.25, 0.3) is 0 Å². The van der Waals surface area contributed by atoms with Crippen LogP contribution < -0.4 is 5.43 Å². The Labute approximate surface area is 171 Å². The normalized spacial score (nSPS) is 11.4. The Hall–Kier alpha value is -3.81. The van der Waals surface area contributed by atoms with Crippen molar-refractivity contribution in [3.8, 4) is 0 Å². The molecule has 0 saturated carbocycles. The summed E-state index contributed by atoms with van der Waals surface area (Å²) in [5, 5.41) is -0.0220.